The molecule has 18 heavy (non-hydrogen) atoms. The van der Waals surface area contributed by atoms with E-state index in [1.807, 2.05) is 0 Å². The van der Waals surface area contributed by atoms with Gasteiger partial charge in [-0.05, 0) is 42.4 Å². The summed E-state index contributed by atoms with van der Waals surface area (Å²) in [7, 11) is 0. The van der Waals surface area contributed by atoms with Crippen molar-refractivity contribution < 1.29 is 0 Å². The Hall–Kier alpha value is 1.05. The second-order valence-corrected chi connectivity index (χ2v) is 6.57. The van der Waals surface area contributed by atoms with Crippen molar-refractivity contribution >= 4 is 37.9 Å². The first-order valence-corrected chi connectivity index (χ1v) is 9.57. The molecule has 0 bridgehead atoms. The van der Waals surface area contributed by atoms with Gasteiger partial charge in [0, 0.05) is 0 Å². The Bertz CT molecular complexity index is 139. The van der Waals surface area contributed by atoms with E-state index >= 15 is 0 Å². The molecule has 0 aromatic heterocycles. The lowest BCUT2D eigenvalue weighted by Gasteiger charge is -2.16. The topological polar surface area (TPSA) is 0 Å². The molecule has 0 aromatic rings. The Labute approximate surface area is 131 Å². The monoisotopic (exact) mass is 308 g/mol. The van der Waals surface area contributed by atoms with Crippen LogP contribution >= 0.6 is 37.9 Å². The van der Waals surface area contributed by atoms with Gasteiger partial charge in [0.15, 0.2) is 0 Å². The van der Waals surface area contributed by atoms with Gasteiger partial charge in [0.05, 0.1) is 0 Å². The Morgan fingerprint density at radius 3 is 1.17 bits per heavy atom. The maximum Gasteiger partial charge on any atom is -0.00979 e. The summed E-state index contributed by atoms with van der Waals surface area (Å²) >= 11 is 12.9. The van der Waals surface area contributed by atoms with Gasteiger partial charge in [-0.3, -0.25) is 0 Å². The van der Waals surface area contributed by atoms with Crippen LogP contribution in [0.2, 0.25) is 0 Å². The molecule has 110 valence electrons. The molecule has 0 aliphatic rings. The van der Waals surface area contributed by atoms with Gasteiger partial charge in [-0.25, -0.2) is 0 Å². The van der Waals surface area contributed by atoms with E-state index < -0.39 is 0 Å². The second-order valence-electron chi connectivity index (χ2n) is 5.23. The predicted octanol–water partition coefficient (Wildman–Crippen LogP) is 5.68. The van der Waals surface area contributed by atoms with Crippen LogP contribution in [0.1, 0.15) is 70.6 Å². The Kier molecular flexibility index (Phi) is 17.0. The van der Waals surface area contributed by atoms with Crippen LogP contribution in [0.25, 0.3) is 0 Å². The second kappa shape index (κ2) is 16.1. The Morgan fingerprint density at radius 2 is 0.778 bits per heavy atom. The number of rotatable bonds is 14. The molecule has 0 fully saturated rings. The highest BCUT2D eigenvalue weighted by Crippen LogP contribution is 2.23. The molecule has 0 N–H and O–H groups in total. The lowest BCUT2D eigenvalue weighted by Crippen LogP contribution is -2.02. The predicted molar refractivity (Wildman–Crippen MR) is 95.8 cm³/mol. The third kappa shape index (κ3) is 13.5. The molecule has 0 saturated carbocycles. The summed E-state index contributed by atoms with van der Waals surface area (Å²) in [6, 6.07) is 0. The van der Waals surface area contributed by atoms with Crippen molar-refractivity contribution in [1.82, 2.24) is 0 Å². The molecule has 0 nitrogen and oxygen atoms in total. The third-order valence-corrected chi connectivity index (χ3v) is 4.51. The summed E-state index contributed by atoms with van der Waals surface area (Å²) in [4.78, 5) is 0. The first kappa shape index (κ1) is 19.1. The van der Waals surface area contributed by atoms with Gasteiger partial charge in [-0.2, -0.15) is 37.9 Å². The summed E-state index contributed by atoms with van der Waals surface area (Å²) in [6.45, 7) is 0. The molecule has 0 aromatic carbocycles. The van der Waals surface area contributed by atoms with Gasteiger partial charge in [0.1, 0.15) is 0 Å². The Balaban J connectivity index is 3.62. The SMILES string of the molecule is SCCCCCC(CCCCS)CCCCCS. The van der Waals surface area contributed by atoms with Crippen molar-refractivity contribution in [3.8, 4) is 0 Å². The highest BCUT2D eigenvalue weighted by molar-refractivity contribution is 7.80. The van der Waals surface area contributed by atoms with Crippen LogP contribution in [-0.2, 0) is 0 Å². The maximum atomic E-state index is 4.30. The van der Waals surface area contributed by atoms with Crippen molar-refractivity contribution in [3.63, 3.8) is 0 Å². The van der Waals surface area contributed by atoms with E-state index in [1.54, 1.807) is 0 Å². The molecule has 3 heteroatoms. The lowest BCUT2D eigenvalue weighted by atomic mass is 9.90. The van der Waals surface area contributed by atoms with Gasteiger partial charge in [0.2, 0.25) is 0 Å². The van der Waals surface area contributed by atoms with Gasteiger partial charge in [-0.15, -0.1) is 0 Å². The Morgan fingerprint density at radius 1 is 0.444 bits per heavy atom. The normalized spacial score (nSPS) is 11.3. The average molecular weight is 309 g/mol. The van der Waals surface area contributed by atoms with Crippen LogP contribution in [0, 0.1) is 5.92 Å². The molecular formula is C15H32S3. The largest absolute Gasteiger partial charge is 0.179 e. The summed E-state index contributed by atoms with van der Waals surface area (Å²) < 4.78 is 0. The molecule has 0 radical (unpaired) electrons. The van der Waals surface area contributed by atoms with Crippen molar-refractivity contribution in [2.75, 3.05) is 17.3 Å². The highest BCUT2D eigenvalue weighted by Gasteiger charge is 2.08. The number of hydrogen-bond acceptors (Lipinski definition) is 3. The van der Waals surface area contributed by atoms with E-state index in [2.05, 4.69) is 37.9 Å². The zero-order valence-electron chi connectivity index (χ0n) is 11.8. The zero-order valence-corrected chi connectivity index (χ0v) is 14.5. The average Bonchev–Trinajstić information content (AvgIpc) is 2.39. The van der Waals surface area contributed by atoms with E-state index in [-0.39, 0.29) is 0 Å². The summed E-state index contributed by atoms with van der Waals surface area (Å²) in [5.74, 6) is 4.11. The number of thiol groups is 3. The molecule has 0 aliphatic carbocycles. The van der Waals surface area contributed by atoms with Gasteiger partial charge in [0.25, 0.3) is 0 Å². The fourth-order valence-corrected chi connectivity index (χ4v) is 3.09. The minimum Gasteiger partial charge on any atom is -0.179 e. The zero-order chi connectivity index (χ0) is 13.5. The molecule has 0 amide bonds. The van der Waals surface area contributed by atoms with E-state index in [4.69, 9.17) is 0 Å². The third-order valence-electron chi connectivity index (χ3n) is 3.56. The lowest BCUT2D eigenvalue weighted by molar-refractivity contribution is 0.377. The van der Waals surface area contributed by atoms with Crippen molar-refractivity contribution in [2.24, 2.45) is 5.92 Å². The molecule has 0 aliphatic heterocycles. The van der Waals surface area contributed by atoms with E-state index in [1.165, 1.54) is 70.6 Å². The summed E-state index contributed by atoms with van der Waals surface area (Å²) in [5, 5.41) is 0. The maximum absolute atomic E-state index is 4.30. The summed E-state index contributed by atoms with van der Waals surface area (Å²) in [6.07, 6.45) is 15.0. The van der Waals surface area contributed by atoms with Crippen molar-refractivity contribution in [3.05, 3.63) is 0 Å². The fourth-order valence-electron chi connectivity index (χ4n) is 2.42. The highest BCUT2D eigenvalue weighted by atomic mass is 32.1. The van der Waals surface area contributed by atoms with Gasteiger partial charge < -0.3 is 0 Å². The molecule has 0 atom stereocenters. The van der Waals surface area contributed by atoms with Crippen molar-refractivity contribution in [2.45, 2.75) is 70.6 Å². The molecule has 0 heterocycles. The van der Waals surface area contributed by atoms with Crippen LogP contribution in [-0.4, -0.2) is 17.3 Å². The minimum absolute atomic E-state index is 0.963. The van der Waals surface area contributed by atoms with Gasteiger partial charge in [-0.1, -0.05) is 51.4 Å². The minimum atomic E-state index is 0.963. The van der Waals surface area contributed by atoms with E-state index in [0.717, 1.165) is 23.2 Å². The number of unbranched alkanes of at least 4 members (excludes halogenated alkanes) is 5. The van der Waals surface area contributed by atoms with E-state index in [9.17, 15) is 0 Å². The molecule has 0 unspecified atom stereocenters. The fraction of sp³-hybridized carbons (Fsp3) is 1.00. The van der Waals surface area contributed by atoms with Crippen LogP contribution in [0.15, 0.2) is 0 Å². The van der Waals surface area contributed by atoms with Crippen LogP contribution in [0.3, 0.4) is 0 Å². The summed E-state index contributed by atoms with van der Waals surface area (Å²) in [5.41, 5.74) is 0. The number of hydrogen-bond donors (Lipinski definition) is 3. The van der Waals surface area contributed by atoms with Crippen molar-refractivity contribution in [1.29, 1.82) is 0 Å². The van der Waals surface area contributed by atoms with Crippen LogP contribution in [0.4, 0.5) is 0 Å². The first-order valence-electron chi connectivity index (χ1n) is 7.67. The quantitative estimate of drug-likeness (QED) is 0.267. The smallest absolute Gasteiger partial charge is 0.00979 e. The van der Waals surface area contributed by atoms with Crippen LogP contribution < -0.4 is 0 Å². The van der Waals surface area contributed by atoms with Crippen LogP contribution in [0.5, 0.6) is 0 Å². The molecule has 0 saturated heterocycles. The van der Waals surface area contributed by atoms with Gasteiger partial charge >= 0.3 is 0 Å². The first-order chi connectivity index (χ1) is 8.85. The standard InChI is InChI=1S/C15H32S3/c16-12-6-1-3-9-15(11-5-8-14-18)10-4-2-7-13-17/h15-18H,1-14H2. The molecule has 0 spiro atoms. The van der Waals surface area contributed by atoms with E-state index in [0.29, 0.717) is 0 Å². The molecular weight excluding hydrogens is 276 g/mol. The molecule has 0 rings (SSSR count).